The van der Waals surface area contributed by atoms with Crippen molar-refractivity contribution in [2.75, 3.05) is 19.7 Å². The highest BCUT2D eigenvalue weighted by Crippen LogP contribution is 2.31. The SMILES string of the molecule is CCCCN1C[C@H](c2nc3ccccc3n2CCCCOc2cccc(C)c2)CC1=O. The molecule has 2 heterocycles. The molecule has 5 heteroatoms. The van der Waals surface area contributed by atoms with E-state index in [-0.39, 0.29) is 11.8 Å². The normalized spacial score (nSPS) is 16.4. The van der Waals surface area contributed by atoms with Gasteiger partial charge in [0.1, 0.15) is 11.6 Å². The molecule has 1 aromatic heterocycles. The highest BCUT2D eigenvalue weighted by atomic mass is 16.5. The molecule has 164 valence electrons. The molecule has 0 spiro atoms. The minimum absolute atomic E-state index is 0.181. The summed E-state index contributed by atoms with van der Waals surface area (Å²) in [5.41, 5.74) is 3.40. The Morgan fingerprint density at radius 2 is 1.94 bits per heavy atom. The molecule has 2 aromatic carbocycles. The van der Waals surface area contributed by atoms with Gasteiger partial charge in [0.25, 0.3) is 0 Å². The van der Waals surface area contributed by atoms with Gasteiger partial charge in [0.2, 0.25) is 5.91 Å². The smallest absolute Gasteiger partial charge is 0.223 e. The number of hydrogen-bond donors (Lipinski definition) is 0. The van der Waals surface area contributed by atoms with Crippen molar-refractivity contribution in [2.45, 2.75) is 58.4 Å². The van der Waals surface area contributed by atoms with Crippen LogP contribution in [0, 0.1) is 6.92 Å². The Labute approximate surface area is 185 Å². The van der Waals surface area contributed by atoms with Crippen LogP contribution in [0.3, 0.4) is 0 Å². The van der Waals surface area contributed by atoms with Crippen LogP contribution in [0.25, 0.3) is 11.0 Å². The molecule has 31 heavy (non-hydrogen) atoms. The van der Waals surface area contributed by atoms with Crippen LogP contribution in [0.5, 0.6) is 5.75 Å². The van der Waals surface area contributed by atoms with E-state index < -0.39 is 0 Å². The number of imidazole rings is 1. The number of rotatable bonds is 10. The predicted octanol–water partition coefficient (Wildman–Crippen LogP) is 5.32. The van der Waals surface area contributed by atoms with E-state index in [0.717, 1.165) is 67.9 Å². The van der Waals surface area contributed by atoms with Gasteiger partial charge in [0.05, 0.1) is 17.6 Å². The number of aryl methyl sites for hydroxylation is 2. The van der Waals surface area contributed by atoms with Crippen LogP contribution in [0.15, 0.2) is 48.5 Å². The molecule has 0 unspecified atom stereocenters. The van der Waals surface area contributed by atoms with E-state index in [1.165, 1.54) is 5.56 Å². The molecule has 0 aliphatic carbocycles. The second-order valence-electron chi connectivity index (χ2n) is 8.58. The summed E-state index contributed by atoms with van der Waals surface area (Å²) in [5.74, 6) is 2.45. The molecule has 1 aliphatic heterocycles. The number of unbranched alkanes of at least 4 members (excludes halogenated alkanes) is 2. The number of aromatic nitrogens is 2. The van der Waals surface area contributed by atoms with Crippen molar-refractivity contribution in [1.29, 1.82) is 0 Å². The van der Waals surface area contributed by atoms with E-state index in [2.05, 4.69) is 48.7 Å². The van der Waals surface area contributed by atoms with Gasteiger partial charge in [-0.1, -0.05) is 37.6 Å². The van der Waals surface area contributed by atoms with Gasteiger partial charge in [-0.05, 0) is 56.0 Å². The largest absolute Gasteiger partial charge is 0.494 e. The molecule has 1 saturated heterocycles. The van der Waals surface area contributed by atoms with Gasteiger partial charge < -0.3 is 14.2 Å². The van der Waals surface area contributed by atoms with Crippen LogP contribution < -0.4 is 4.74 Å². The van der Waals surface area contributed by atoms with Gasteiger partial charge in [-0.25, -0.2) is 4.98 Å². The molecular formula is C26H33N3O2. The maximum atomic E-state index is 12.5. The number of ether oxygens (including phenoxy) is 1. The first-order valence-electron chi connectivity index (χ1n) is 11.6. The summed E-state index contributed by atoms with van der Waals surface area (Å²) in [4.78, 5) is 19.5. The van der Waals surface area contributed by atoms with Gasteiger partial charge >= 0.3 is 0 Å². The maximum Gasteiger partial charge on any atom is 0.223 e. The zero-order chi connectivity index (χ0) is 21.6. The Balaban J connectivity index is 1.41. The molecule has 1 amide bonds. The standard InChI is InChI=1S/C26H33N3O2/c1-3-4-14-28-19-21(18-25(28)30)26-27-23-12-5-6-13-24(23)29(26)15-7-8-16-31-22-11-9-10-20(2)17-22/h5-6,9-13,17,21H,3-4,7-8,14-16,18-19H2,1-2H3/t21-/m1/s1. The third kappa shape index (κ3) is 5.09. The lowest BCUT2D eigenvalue weighted by atomic mass is 10.1. The van der Waals surface area contributed by atoms with Crippen molar-refractivity contribution in [3.8, 4) is 5.75 Å². The summed E-state index contributed by atoms with van der Waals surface area (Å²) >= 11 is 0. The van der Waals surface area contributed by atoms with Crippen LogP contribution in [0.2, 0.25) is 0 Å². The highest BCUT2D eigenvalue weighted by molar-refractivity contribution is 5.80. The number of nitrogens with zero attached hydrogens (tertiary/aromatic N) is 3. The molecule has 0 saturated carbocycles. The Hall–Kier alpha value is -2.82. The van der Waals surface area contributed by atoms with E-state index in [9.17, 15) is 4.79 Å². The summed E-state index contributed by atoms with van der Waals surface area (Å²) in [6.07, 6.45) is 4.74. The van der Waals surface area contributed by atoms with Crippen molar-refractivity contribution >= 4 is 16.9 Å². The van der Waals surface area contributed by atoms with Crippen molar-refractivity contribution in [3.63, 3.8) is 0 Å². The van der Waals surface area contributed by atoms with Crippen molar-refractivity contribution in [1.82, 2.24) is 14.5 Å². The second kappa shape index (κ2) is 9.99. The van der Waals surface area contributed by atoms with E-state index in [1.54, 1.807) is 0 Å². The van der Waals surface area contributed by atoms with Crippen LogP contribution in [-0.2, 0) is 11.3 Å². The van der Waals surface area contributed by atoms with Gasteiger partial charge in [-0.2, -0.15) is 0 Å². The molecule has 5 nitrogen and oxygen atoms in total. The molecule has 0 radical (unpaired) electrons. The number of fused-ring (bicyclic) bond motifs is 1. The van der Waals surface area contributed by atoms with Gasteiger partial charge in [0.15, 0.2) is 0 Å². The van der Waals surface area contributed by atoms with Gasteiger partial charge in [0, 0.05) is 32.0 Å². The van der Waals surface area contributed by atoms with Crippen LogP contribution >= 0.6 is 0 Å². The number of likely N-dealkylation sites (tertiary alicyclic amines) is 1. The summed E-state index contributed by atoms with van der Waals surface area (Å²) in [5, 5.41) is 0. The fourth-order valence-electron chi connectivity index (χ4n) is 4.42. The Bertz CT molecular complexity index is 1030. The molecule has 3 aromatic rings. The third-order valence-corrected chi connectivity index (χ3v) is 6.08. The van der Waals surface area contributed by atoms with Crippen molar-refractivity contribution in [3.05, 3.63) is 59.9 Å². The minimum Gasteiger partial charge on any atom is -0.494 e. The summed E-state index contributed by atoms with van der Waals surface area (Å²) in [7, 11) is 0. The quantitative estimate of drug-likeness (QED) is 0.418. The lowest BCUT2D eigenvalue weighted by Crippen LogP contribution is -2.26. The van der Waals surface area contributed by atoms with Gasteiger partial charge in [-0.15, -0.1) is 0 Å². The number of benzene rings is 2. The third-order valence-electron chi connectivity index (χ3n) is 6.08. The molecule has 1 aliphatic rings. The fraction of sp³-hybridized carbons (Fsp3) is 0.462. The van der Waals surface area contributed by atoms with E-state index in [4.69, 9.17) is 9.72 Å². The Morgan fingerprint density at radius 3 is 2.77 bits per heavy atom. The Morgan fingerprint density at radius 1 is 1.06 bits per heavy atom. The zero-order valence-corrected chi connectivity index (χ0v) is 18.7. The second-order valence-corrected chi connectivity index (χ2v) is 8.58. The summed E-state index contributed by atoms with van der Waals surface area (Å²) in [6.45, 7) is 7.50. The fourth-order valence-corrected chi connectivity index (χ4v) is 4.42. The molecule has 0 bridgehead atoms. The first-order valence-corrected chi connectivity index (χ1v) is 11.6. The van der Waals surface area contributed by atoms with Crippen molar-refractivity contribution < 1.29 is 9.53 Å². The molecule has 4 rings (SSSR count). The van der Waals surface area contributed by atoms with Crippen molar-refractivity contribution in [2.24, 2.45) is 0 Å². The van der Waals surface area contributed by atoms with E-state index >= 15 is 0 Å². The predicted molar refractivity (Wildman–Crippen MR) is 124 cm³/mol. The number of para-hydroxylation sites is 2. The zero-order valence-electron chi connectivity index (χ0n) is 18.7. The Kier molecular flexibility index (Phi) is 6.90. The average molecular weight is 420 g/mol. The lowest BCUT2D eigenvalue weighted by Gasteiger charge is -2.17. The monoisotopic (exact) mass is 419 g/mol. The van der Waals surface area contributed by atoms with Gasteiger partial charge in [-0.3, -0.25) is 4.79 Å². The highest BCUT2D eigenvalue weighted by Gasteiger charge is 2.33. The van der Waals surface area contributed by atoms with Crippen LogP contribution in [0.4, 0.5) is 0 Å². The number of amides is 1. The number of hydrogen-bond acceptors (Lipinski definition) is 3. The summed E-state index contributed by atoms with van der Waals surface area (Å²) in [6, 6.07) is 16.5. The topological polar surface area (TPSA) is 47.4 Å². The maximum absolute atomic E-state index is 12.5. The number of carbonyl (C=O) groups is 1. The van der Waals surface area contributed by atoms with E-state index in [0.29, 0.717) is 13.0 Å². The van der Waals surface area contributed by atoms with Crippen LogP contribution in [0.1, 0.15) is 56.3 Å². The molecule has 0 N–H and O–H groups in total. The molecular weight excluding hydrogens is 386 g/mol. The number of carbonyl (C=O) groups excluding carboxylic acids is 1. The first-order chi connectivity index (χ1) is 15.2. The minimum atomic E-state index is 0.181. The van der Waals surface area contributed by atoms with Crippen LogP contribution in [-0.4, -0.2) is 40.1 Å². The first kappa shape index (κ1) is 21.4. The average Bonchev–Trinajstić information content (AvgIpc) is 3.32. The van der Waals surface area contributed by atoms with E-state index in [1.807, 2.05) is 23.1 Å². The summed E-state index contributed by atoms with van der Waals surface area (Å²) < 4.78 is 8.25. The molecule has 1 atom stereocenters. The lowest BCUT2D eigenvalue weighted by molar-refractivity contribution is -0.127. The molecule has 1 fully saturated rings.